The zero-order valence-corrected chi connectivity index (χ0v) is 12.3. The lowest BCUT2D eigenvalue weighted by Gasteiger charge is -2.40. The lowest BCUT2D eigenvalue weighted by atomic mass is 9.89. The number of nitrogens with zero attached hydrogens (tertiary/aromatic N) is 2. The summed E-state index contributed by atoms with van der Waals surface area (Å²) in [4.78, 5) is 27.3. The quantitative estimate of drug-likeness (QED) is 0.790. The van der Waals surface area contributed by atoms with Gasteiger partial charge in [-0.15, -0.1) is 0 Å². The highest BCUT2D eigenvalue weighted by Crippen LogP contribution is 2.27. The molecule has 0 aromatic carbocycles. The van der Waals surface area contributed by atoms with Crippen LogP contribution >= 0.6 is 0 Å². The molecular weight excluding hydrogens is 256 g/mol. The van der Waals surface area contributed by atoms with E-state index in [1.54, 1.807) is 9.80 Å². The minimum absolute atomic E-state index is 0.115. The van der Waals surface area contributed by atoms with Gasteiger partial charge in [-0.25, -0.2) is 9.59 Å². The van der Waals surface area contributed by atoms with Crippen LogP contribution in [0.3, 0.4) is 0 Å². The number of urea groups is 1. The molecule has 0 spiro atoms. The van der Waals surface area contributed by atoms with Gasteiger partial charge in [0.15, 0.2) is 0 Å². The predicted octanol–water partition coefficient (Wildman–Crippen LogP) is 2.33. The van der Waals surface area contributed by atoms with Crippen LogP contribution in [0.5, 0.6) is 0 Å². The van der Waals surface area contributed by atoms with Crippen molar-refractivity contribution in [1.82, 2.24) is 9.80 Å². The fraction of sp³-hybridized carbons (Fsp3) is 0.733. The third kappa shape index (κ3) is 3.14. The molecule has 0 aromatic rings. The van der Waals surface area contributed by atoms with E-state index in [0.717, 1.165) is 19.3 Å². The van der Waals surface area contributed by atoms with E-state index in [0.29, 0.717) is 32.0 Å². The van der Waals surface area contributed by atoms with Crippen LogP contribution in [-0.4, -0.2) is 52.6 Å². The van der Waals surface area contributed by atoms with Gasteiger partial charge in [-0.05, 0) is 32.1 Å². The smallest absolute Gasteiger partial charge is 0.326 e. The number of hydrogen-bond acceptors (Lipinski definition) is 2. The van der Waals surface area contributed by atoms with Crippen LogP contribution in [-0.2, 0) is 4.79 Å². The van der Waals surface area contributed by atoms with E-state index in [-0.39, 0.29) is 6.03 Å². The molecule has 20 heavy (non-hydrogen) atoms. The average Bonchev–Trinajstić information content (AvgIpc) is 2.46. The van der Waals surface area contributed by atoms with Gasteiger partial charge in [0, 0.05) is 19.6 Å². The number of amides is 2. The third-order valence-electron chi connectivity index (χ3n) is 4.53. The average molecular weight is 280 g/mol. The fourth-order valence-electron chi connectivity index (χ4n) is 3.00. The van der Waals surface area contributed by atoms with Crippen LogP contribution in [0.15, 0.2) is 11.6 Å². The first-order chi connectivity index (χ1) is 9.52. The second-order valence-corrected chi connectivity index (χ2v) is 5.88. The molecule has 0 aromatic heterocycles. The number of carbonyl (C=O) groups excluding carboxylic acids is 1. The summed E-state index contributed by atoms with van der Waals surface area (Å²) in [5.74, 6) is -0.455. The summed E-state index contributed by atoms with van der Waals surface area (Å²) in [7, 11) is 0. The number of hydrogen-bond donors (Lipinski definition) is 1. The van der Waals surface area contributed by atoms with Crippen LogP contribution in [0.25, 0.3) is 0 Å². The molecular formula is C15H24N2O3. The lowest BCUT2D eigenvalue weighted by Crippen LogP contribution is -2.55. The zero-order valence-electron chi connectivity index (χ0n) is 12.3. The van der Waals surface area contributed by atoms with Gasteiger partial charge in [0.05, 0.1) is 0 Å². The third-order valence-corrected chi connectivity index (χ3v) is 4.53. The number of aliphatic carboxylic acids is 1. The van der Waals surface area contributed by atoms with Gasteiger partial charge < -0.3 is 14.9 Å². The van der Waals surface area contributed by atoms with E-state index in [1.807, 2.05) is 0 Å². The molecule has 1 fully saturated rings. The highest BCUT2D eigenvalue weighted by Gasteiger charge is 2.37. The van der Waals surface area contributed by atoms with Crippen molar-refractivity contribution in [2.45, 2.75) is 45.6 Å². The van der Waals surface area contributed by atoms with Crippen molar-refractivity contribution in [1.29, 1.82) is 0 Å². The van der Waals surface area contributed by atoms with E-state index >= 15 is 0 Å². The summed E-state index contributed by atoms with van der Waals surface area (Å²) >= 11 is 0. The van der Waals surface area contributed by atoms with E-state index in [1.165, 1.54) is 5.57 Å². The molecule has 2 atom stereocenters. The second kappa shape index (κ2) is 6.29. The Labute approximate surface area is 120 Å². The summed E-state index contributed by atoms with van der Waals surface area (Å²) in [5, 5.41) is 9.39. The summed E-state index contributed by atoms with van der Waals surface area (Å²) in [6, 6.07) is -0.774. The topological polar surface area (TPSA) is 60.9 Å². The predicted molar refractivity (Wildman–Crippen MR) is 76.5 cm³/mol. The van der Waals surface area contributed by atoms with Crippen molar-refractivity contribution in [2.24, 2.45) is 5.92 Å². The van der Waals surface area contributed by atoms with Crippen molar-refractivity contribution < 1.29 is 14.7 Å². The molecule has 2 aliphatic rings. The molecule has 1 saturated heterocycles. The maximum atomic E-state index is 12.5. The Balaban J connectivity index is 2.06. The van der Waals surface area contributed by atoms with Crippen LogP contribution in [0, 0.1) is 5.92 Å². The Morgan fingerprint density at radius 3 is 2.70 bits per heavy atom. The van der Waals surface area contributed by atoms with Gasteiger partial charge in [-0.2, -0.15) is 0 Å². The molecule has 0 bridgehead atoms. The van der Waals surface area contributed by atoms with Gasteiger partial charge in [0.1, 0.15) is 6.04 Å². The SMILES string of the molecule is CCC1CCN(C(=O)N2CC=C(C)CC2)C(C(=O)O)C1. The van der Waals surface area contributed by atoms with Crippen molar-refractivity contribution in [2.75, 3.05) is 19.6 Å². The summed E-state index contributed by atoms with van der Waals surface area (Å²) in [5.41, 5.74) is 1.30. The van der Waals surface area contributed by atoms with Crippen molar-refractivity contribution in [3.05, 3.63) is 11.6 Å². The first-order valence-electron chi connectivity index (χ1n) is 7.47. The van der Waals surface area contributed by atoms with Crippen LogP contribution in [0.1, 0.15) is 39.5 Å². The highest BCUT2D eigenvalue weighted by atomic mass is 16.4. The van der Waals surface area contributed by atoms with Crippen molar-refractivity contribution >= 4 is 12.0 Å². The van der Waals surface area contributed by atoms with Crippen LogP contribution in [0.2, 0.25) is 0 Å². The van der Waals surface area contributed by atoms with Gasteiger partial charge >= 0.3 is 12.0 Å². The molecule has 1 N–H and O–H groups in total. The summed E-state index contributed by atoms with van der Waals surface area (Å²) in [6.45, 7) is 6.01. The van der Waals surface area contributed by atoms with Gasteiger partial charge in [0.2, 0.25) is 0 Å². The van der Waals surface area contributed by atoms with E-state index in [9.17, 15) is 14.7 Å². The molecule has 5 heteroatoms. The van der Waals surface area contributed by atoms with Crippen molar-refractivity contribution in [3.8, 4) is 0 Å². The fourth-order valence-corrected chi connectivity index (χ4v) is 3.00. The largest absolute Gasteiger partial charge is 0.480 e. The summed E-state index contributed by atoms with van der Waals surface area (Å²) < 4.78 is 0. The van der Waals surface area contributed by atoms with Gasteiger partial charge in [0.25, 0.3) is 0 Å². The summed E-state index contributed by atoms with van der Waals surface area (Å²) in [6.07, 6.45) is 5.41. The highest BCUT2D eigenvalue weighted by molar-refractivity contribution is 5.83. The molecule has 2 aliphatic heterocycles. The maximum Gasteiger partial charge on any atom is 0.326 e. The lowest BCUT2D eigenvalue weighted by molar-refractivity contribution is -0.144. The normalized spacial score (nSPS) is 27.2. The minimum atomic E-state index is -0.875. The molecule has 2 heterocycles. The first kappa shape index (κ1) is 14.9. The Bertz CT molecular complexity index is 419. The number of piperidine rings is 1. The molecule has 0 saturated carbocycles. The van der Waals surface area contributed by atoms with E-state index in [4.69, 9.17) is 0 Å². The van der Waals surface area contributed by atoms with E-state index in [2.05, 4.69) is 19.9 Å². The van der Waals surface area contributed by atoms with Gasteiger partial charge in [-0.1, -0.05) is 25.0 Å². The van der Waals surface area contributed by atoms with Crippen LogP contribution in [0.4, 0.5) is 4.79 Å². The maximum absolute atomic E-state index is 12.5. The Hall–Kier alpha value is -1.52. The van der Waals surface area contributed by atoms with E-state index < -0.39 is 12.0 Å². The molecule has 0 radical (unpaired) electrons. The molecule has 5 nitrogen and oxygen atoms in total. The molecule has 0 aliphatic carbocycles. The Morgan fingerprint density at radius 1 is 1.40 bits per heavy atom. The Morgan fingerprint density at radius 2 is 2.15 bits per heavy atom. The number of likely N-dealkylation sites (tertiary alicyclic amines) is 1. The molecule has 2 rings (SSSR count). The monoisotopic (exact) mass is 280 g/mol. The second-order valence-electron chi connectivity index (χ2n) is 5.88. The Kier molecular flexibility index (Phi) is 4.68. The standard InChI is InChI=1S/C15H24N2O3/c1-3-12-6-9-17(13(10-12)14(18)19)15(20)16-7-4-11(2)5-8-16/h4,12-13H,3,5-10H2,1-2H3,(H,18,19). The molecule has 112 valence electrons. The van der Waals surface area contributed by atoms with Crippen molar-refractivity contribution in [3.63, 3.8) is 0 Å². The van der Waals surface area contributed by atoms with Gasteiger partial charge in [-0.3, -0.25) is 0 Å². The number of carbonyl (C=O) groups is 2. The minimum Gasteiger partial charge on any atom is -0.480 e. The number of rotatable bonds is 2. The van der Waals surface area contributed by atoms with Crippen LogP contribution < -0.4 is 0 Å². The molecule has 2 amide bonds. The first-order valence-corrected chi connectivity index (χ1v) is 7.47. The number of carboxylic acid groups (broad SMARTS) is 1. The molecule has 2 unspecified atom stereocenters. The zero-order chi connectivity index (χ0) is 14.7. The number of carboxylic acids is 1.